The van der Waals surface area contributed by atoms with Gasteiger partial charge in [0.15, 0.2) is 23.2 Å². The Hall–Kier alpha value is -4.61. The van der Waals surface area contributed by atoms with Crippen LogP contribution < -0.4 is 14.8 Å². The van der Waals surface area contributed by atoms with Crippen LogP contribution >= 0.6 is 0 Å². The molecule has 0 unspecified atom stereocenters. The lowest BCUT2D eigenvalue weighted by atomic mass is 9.77. The number of benzene rings is 4. The standard InChI is InChI=1S/C30H21F8NO3/c1-41-26-14-19(8-10-24(26)33)29(16-17-5-3-2-4-6-17,39-27(40)18-7-9-23(32)25(34)11-18)20-12-21(31)15-22(13-20)42-30(37,38)28(35)36/h2-15,28H,16H2,1H3,(H,39,40)/t29-/m1/s1. The fraction of sp³-hybridized carbons (Fsp3) is 0.167. The Labute approximate surface area is 234 Å². The summed E-state index contributed by atoms with van der Waals surface area (Å²) in [6.07, 6.45) is -9.51. The number of halogens is 8. The van der Waals surface area contributed by atoms with Gasteiger partial charge in [-0.3, -0.25) is 4.79 Å². The number of carbonyl (C=O) groups excluding carboxylic acids is 1. The van der Waals surface area contributed by atoms with Gasteiger partial charge in [-0.2, -0.15) is 17.6 Å². The molecule has 0 aromatic heterocycles. The van der Waals surface area contributed by atoms with Crippen LogP contribution in [0.15, 0.2) is 84.9 Å². The van der Waals surface area contributed by atoms with Crippen LogP contribution in [0.3, 0.4) is 0 Å². The van der Waals surface area contributed by atoms with Crippen LogP contribution in [0.2, 0.25) is 0 Å². The fourth-order valence-electron chi connectivity index (χ4n) is 4.36. The second-order valence-electron chi connectivity index (χ2n) is 9.14. The molecule has 0 fully saturated rings. The van der Waals surface area contributed by atoms with Gasteiger partial charge in [-0.15, -0.1) is 0 Å². The molecule has 220 valence electrons. The summed E-state index contributed by atoms with van der Waals surface area (Å²) < 4.78 is 120. The highest BCUT2D eigenvalue weighted by Gasteiger charge is 2.45. The third-order valence-corrected chi connectivity index (χ3v) is 6.34. The van der Waals surface area contributed by atoms with Gasteiger partial charge in [-0.1, -0.05) is 36.4 Å². The number of hydrogen-bond acceptors (Lipinski definition) is 3. The van der Waals surface area contributed by atoms with Gasteiger partial charge in [0, 0.05) is 18.1 Å². The van der Waals surface area contributed by atoms with Crippen LogP contribution in [0.25, 0.3) is 0 Å². The predicted molar refractivity (Wildman–Crippen MR) is 136 cm³/mol. The van der Waals surface area contributed by atoms with Crippen molar-refractivity contribution in [1.29, 1.82) is 0 Å². The van der Waals surface area contributed by atoms with Crippen LogP contribution in [0.1, 0.15) is 27.0 Å². The molecule has 4 rings (SSSR count). The topological polar surface area (TPSA) is 47.6 Å². The fourth-order valence-corrected chi connectivity index (χ4v) is 4.36. The Kier molecular flexibility index (Phi) is 8.74. The predicted octanol–water partition coefficient (Wildman–Crippen LogP) is 7.40. The van der Waals surface area contributed by atoms with Gasteiger partial charge in [0.25, 0.3) is 5.91 Å². The molecule has 1 atom stereocenters. The van der Waals surface area contributed by atoms with Crippen LogP contribution in [0, 0.1) is 23.3 Å². The van der Waals surface area contributed by atoms with E-state index in [2.05, 4.69) is 10.1 Å². The molecule has 1 N–H and O–H groups in total. The lowest BCUT2D eigenvalue weighted by molar-refractivity contribution is -0.253. The second-order valence-corrected chi connectivity index (χ2v) is 9.14. The van der Waals surface area contributed by atoms with Crippen molar-refractivity contribution in [2.45, 2.75) is 24.5 Å². The summed E-state index contributed by atoms with van der Waals surface area (Å²) in [6, 6.07) is 15.8. The summed E-state index contributed by atoms with van der Waals surface area (Å²) in [7, 11) is 1.15. The van der Waals surface area contributed by atoms with Crippen molar-refractivity contribution in [3.05, 3.63) is 130 Å². The van der Waals surface area contributed by atoms with Crippen molar-refractivity contribution >= 4 is 5.91 Å². The minimum absolute atomic E-state index is 0.0257. The summed E-state index contributed by atoms with van der Waals surface area (Å²) in [5.41, 5.74) is -2.15. The molecule has 0 aliphatic rings. The van der Waals surface area contributed by atoms with Gasteiger partial charge < -0.3 is 14.8 Å². The monoisotopic (exact) mass is 595 g/mol. The summed E-state index contributed by atoms with van der Waals surface area (Å²) in [6.45, 7) is 0. The van der Waals surface area contributed by atoms with Crippen molar-refractivity contribution < 1.29 is 49.4 Å². The molecule has 0 heterocycles. The van der Waals surface area contributed by atoms with Gasteiger partial charge in [0.05, 0.1) is 12.6 Å². The van der Waals surface area contributed by atoms with E-state index in [1.807, 2.05) is 0 Å². The maximum atomic E-state index is 15.0. The lowest BCUT2D eigenvalue weighted by Gasteiger charge is -2.37. The molecule has 42 heavy (non-hydrogen) atoms. The van der Waals surface area contributed by atoms with Crippen LogP contribution in [-0.4, -0.2) is 25.6 Å². The Morgan fingerprint density at radius 2 is 1.50 bits per heavy atom. The van der Waals surface area contributed by atoms with E-state index in [-0.39, 0.29) is 28.9 Å². The van der Waals surface area contributed by atoms with Crippen molar-refractivity contribution in [2.24, 2.45) is 0 Å². The van der Waals surface area contributed by atoms with Gasteiger partial charge >= 0.3 is 12.5 Å². The number of carbonyl (C=O) groups is 1. The number of hydrogen-bond donors (Lipinski definition) is 1. The lowest BCUT2D eigenvalue weighted by Crippen LogP contribution is -2.49. The Morgan fingerprint density at radius 1 is 0.810 bits per heavy atom. The quantitative estimate of drug-likeness (QED) is 0.194. The van der Waals surface area contributed by atoms with Crippen molar-refractivity contribution in [3.8, 4) is 11.5 Å². The molecule has 0 radical (unpaired) electrons. The van der Waals surface area contributed by atoms with Gasteiger partial charge in [-0.25, -0.2) is 17.6 Å². The smallest absolute Gasteiger partial charge is 0.461 e. The van der Waals surface area contributed by atoms with Gasteiger partial charge in [0.1, 0.15) is 11.6 Å². The molecule has 4 nitrogen and oxygen atoms in total. The zero-order valence-corrected chi connectivity index (χ0v) is 21.6. The third-order valence-electron chi connectivity index (χ3n) is 6.34. The van der Waals surface area contributed by atoms with Crippen LogP contribution in [0.4, 0.5) is 35.1 Å². The number of alkyl halides is 4. The molecule has 4 aromatic rings. The molecule has 0 bridgehead atoms. The number of rotatable bonds is 10. The first kappa shape index (κ1) is 30.4. The highest BCUT2D eigenvalue weighted by Crippen LogP contribution is 2.39. The first-order chi connectivity index (χ1) is 19.8. The number of methoxy groups -OCH3 is 1. The zero-order valence-electron chi connectivity index (χ0n) is 21.6. The van der Waals surface area contributed by atoms with E-state index < -0.39 is 53.0 Å². The number of amides is 1. The largest absolute Gasteiger partial charge is 0.494 e. The first-order valence-corrected chi connectivity index (χ1v) is 12.2. The van der Waals surface area contributed by atoms with E-state index in [1.54, 1.807) is 30.3 Å². The Morgan fingerprint density at radius 3 is 2.14 bits per heavy atom. The van der Waals surface area contributed by atoms with E-state index in [4.69, 9.17) is 4.74 Å². The summed E-state index contributed by atoms with van der Waals surface area (Å²) in [4.78, 5) is 13.5. The van der Waals surface area contributed by atoms with Crippen LogP contribution in [-0.2, 0) is 12.0 Å². The van der Waals surface area contributed by atoms with E-state index >= 15 is 0 Å². The van der Waals surface area contributed by atoms with Gasteiger partial charge in [0.2, 0.25) is 0 Å². The molecule has 1 amide bonds. The van der Waals surface area contributed by atoms with Crippen molar-refractivity contribution in [2.75, 3.05) is 7.11 Å². The second kappa shape index (κ2) is 12.1. The maximum Gasteiger partial charge on any atom is 0.461 e. The van der Waals surface area contributed by atoms with Crippen molar-refractivity contribution in [1.82, 2.24) is 5.32 Å². The normalized spacial score (nSPS) is 13.0. The molecule has 0 saturated carbocycles. The molecule has 4 aromatic carbocycles. The van der Waals surface area contributed by atoms with E-state index in [0.29, 0.717) is 23.8 Å². The van der Waals surface area contributed by atoms with Crippen molar-refractivity contribution in [3.63, 3.8) is 0 Å². The summed E-state index contributed by atoms with van der Waals surface area (Å²) in [5, 5.41) is 2.62. The number of nitrogens with one attached hydrogen (secondary N) is 1. The average molecular weight is 595 g/mol. The molecular formula is C30H21F8NO3. The number of ether oxygens (including phenoxy) is 2. The molecule has 12 heteroatoms. The average Bonchev–Trinajstić information content (AvgIpc) is 2.94. The van der Waals surface area contributed by atoms with Crippen LogP contribution in [0.5, 0.6) is 11.5 Å². The zero-order chi connectivity index (χ0) is 30.7. The Balaban J connectivity index is 1.99. The summed E-state index contributed by atoms with van der Waals surface area (Å²) >= 11 is 0. The Bertz CT molecular complexity index is 1580. The maximum absolute atomic E-state index is 15.0. The van der Waals surface area contributed by atoms with E-state index in [9.17, 15) is 39.9 Å². The summed E-state index contributed by atoms with van der Waals surface area (Å²) in [5.74, 6) is -6.97. The molecule has 0 spiro atoms. The minimum atomic E-state index is -5.00. The first-order valence-electron chi connectivity index (χ1n) is 12.2. The minimum Gasteiger partial charge on any atom is -0.494 e. The molecule has 0 saturated heterocycles. The molecule has 0 aliphatic heterocycles. The highest BCUT2D eigenvalue weighted by molar-refractivity contribution is 5.95. The van der Waals surface area contributed by atoms with E-state index in [1.165, 1.54) is 6.07 Å². The highest BCUT2D eigenvalue weighted by atomic mass is 19.3. The van der Waals surface area contributed by atoms with Gasteiger partial charge in [-0.05, 0) is 59.2 Å². The SMILES string of the molecule is COc1cc([C@@](Cc2ccccc2)(NC(=O)c2ccc(F)c(F)c2)c2cc(F)cc(OC(F)(F)C(F)F)c2)ccc1F. The third kappa shape index (κ3) is 6.48. The molecule has 0 aliphatic carbocycles. The molecular weight excluding hydrogens is 574 g/mol. The van der Waals surface area contributed by atoms with E-state index in [0.717, 1.165) is 37.4 Å².